The summed E-state index contributed by atoms with van der Waals surface area (Å²) in [4.78, 5) is 24.8. The molecule has 0 atom stereocenters. The fourth-order valence-electron chi connectivity index (χ4n) is 1.75. The Balaban J connectivity index is 2.98. The molecule has 0 aliphatic heterocycles. The van der Waals surface area contributed by atoms with Gasteiger partial charge in [-0.3, -0.25) is 9.59 Å². The van der Waals surface area contributed by atoms with Gasteiger partial charge in [-0.1, -0.05) is 0 Å². The lowest BCUT2D eigenvalue weighted by Gasteiger charge is -2.17. The average Bonchev–Trinajstić information content (AvgIpc) is 2.46. The molecule has 0 unspecified atom stereocenters. The van der Waals surface area contributed by atoms with Gasteiger partial charge in [0.1, 0.15) is 18.0 Å². The second kappa shape index (κ2) is 8.14. The summed E-state index contributed by atoms with van der Waals surface area (Å²) < 4.78 is 15.4. The number of carbonyl (C=O) groups excluding carboxylic acids is 2. The van der Waals surface area contributed by atoms with E-state index < -0.39 is 5.97 Å². The molecule has 1 aromatic rings. The van der Waals surface area contributed by atoms with Crippen molar-refractivity contribution in [2.24, 2.45) is 0 Å². The first-order chi connectivity index (χ1) is 10.0. The predicted octanol–water partition coefficient (Wildman–Crippen LogP) is 1.73. The number of likely N-dealkylation sites (N-methyl/N-ethyl adjacent to an activating group) is 1. The normalized spacial score (nSPS) is 9.90. The van der Waals surface area contributed by atoms with Gasteiger partial charge >= 0.3 is 5.97 Å². The lowest BCUT2D eigenvalue weighted by molar-refractivity contribution is -0.141. The smallest absolute Gasteiger partial charge is 0.325 e. The molecule has 6 nitrogen and oxygen atoms in total. The number of methoxy groups -OCH3 is 1. The Hall–Kier alpha value is -2.24. The van der Waals surface area contributed by atoms with Gasteiger partial charge in [-0.15, -0.1) is 0 Å². The Bertz CT molecular complexity index is 477. The first kappa shape index (κ1) is 16.8. The van der Waals surface area contributed by atoms with Gasteiger partial charge in [0.2, 0.25) is 0 Å². The molecule has 0 saturated heterocycles. The highest BCUT2D eigenvalue weighted by atomic mass is 16.5. The van der Waals surface area contributed by atoms with Crippen LogP contribution in [0.1, 0.15) is 24.2 Å². The highest BCUT2D eigenvalue weighted by Gasteiger charge is 2.17. The van der Waals surface area contributed by atoms with Gasteiger partial charge < -0.3 is 19.1 Å². The highest BCUT2D eigenvalue weighted by molar-refractivity contribution is 5.96. The second-order valence-corrected chi connectivity index (χ2v) is 4.30. The minimum absolute atomic E-state index is 0.113. The molecule has 0 aliphatic rings. The molecule has 0 heterocycles. The van der Waals surface area contributed by atoms with E-state index in [1.54, 1.807) is 18.2 Å². The number of hydrogen-bond acceptors (Lipinski definition) is 5. The van der Waals surface area contributed by atoms with Crippen molar-refractivity contribution in [1.29, 1.82) is 0 Å². The standard InChI is InChI=1S/C15H21NO5/c1-5-20-12-7-11(8-13(9-12)21-6-2)15(18)16(3)10-14(17)19-4/h7-9H,5-6,10H2,1-4H3. The number of nitrogens with zero attached hydrogens (tertiary/aromatic N) is 1. The van der Waals surface area contributed by atoms with E-state index in [4.69, 9.17) is 9.47 Å². The fraction of sp³-hybridized carbons (Fsp3) is 0.467. The van der Waals surface area contributed by atoms with Gasteiger partial charge in [-0.2, -0.15) is 0 Å². The van der Waals surface area contributed by atoms with Gasteiger partial charge in [-0.05, 0) is 26.0 Å². The van der Waals surface area contributed by atoms with Crippen molar-refractivity contribution < 1.29 is 23.8 Å². The molecule has 0 aromatic heterocycles. The van der Waals surface area contributed by atoms with E-state index in [0.29, 0.717) is 30.3 Å². The first-order valence-electron chi connectivity index (χ1n) is 6.74. The Morgan fingerprint density at radius 1 is 1.05 bits per heavy atom. The maximum atomic E-state index is 12.3. The van der Waals surface area contributed by atoms with E-state index in [0.717, 1.165) is 0 Å². The third-order valence-corrected chi connectivity index (χ3v) is 2.69. The molecular weight excluding hydrogens is 274 g/mol. The minimum Gasteiger partial charge on any atom is -0.494 e. The molecule has 1 aromatic carbocycles. The number of hydrogen-bond donors (Lipinski definition) is 0. The largest absolute Gasteiger partial charge is 0.494 e. The molecule has 0 bridgehead atoms. The van der Waals surface area contributed by atoms with Gasteiger partial charge in [-0.25, -0.2) is 0 Å². The van der Waals surface area contributed by atoms with E-state index in [2.05, 4.69) is 4.74 Å². The zero-order valence-corrected chi connectivity index (χ0v) is 12.8. The van der Waals surface area contributed by atoms with Crippen LogP contribution in [0.2, 0.25) is 0 Å². The number of ether oxygens (including phenoxy) is 3. The minimum atomic E-state index is -0.475. The Kier molecular flexibility index (Phi) is 6.52. The number of esters is 1. The SMILES string of the molecule is CCOc1cc(OCC)cc(C(=O)N(C)CC(=O)OC)c1. The number of rotatable bonds is 7. The zero-order chi connectivity index (χ0) is 15.8. The van der Waals surface area contributed by atoms with Crippen molar-refractivity contribution in [3.05, 3.63) is 23.8 Å². The maximum Gasteiger partial charge on any atom is 0.325 e. The number of amides is 1. The molecule has 0 spiro atoms. The molecule has 1 rings (SSSR count). The van der Waals surface area contributed by atoms with E-state index >= 15 is 0 Å². The molecule has 116 valence electrons. The fourth-order valence-corrected chi connectivity index (χ4v) is 1.75. The third kappa shape index (κ3) is 4.98. The summed E-state index contributed by atoms with van der Waals surface area (Å²) in [6.45, 7) is 4.58. The van der Waals surface area contributed by atoms with Crippen molar-refractivity contribution in [3.63, 3.8) is 0 Å². The molecule has 6 heteroatoms. The van der Waals surface area contributed by atoms with Crippen LogP contribution in [0.4, 0.5) is 0 Å². The quantitative estimate of drug-likeness (QED) is 0.717. The summed E-state index contributed by atoms with van der Waals surface area (Å²) in [7, 11) is 2.82. The van der Waals surface area contributed by atoms with Gasteiger partial charge in [0.15, 0.2) is 0 Å². The topological polar surface area (TPSA) is 65.1 Å². The van der Waals surface area contributed by atoms with Crippen LogP contribution in [0, 0.1) is 0 Å². The van der Waals surface area contributed by atoms with Crippen molar-refractivity contribution in [2.75, 3.05) is 33.9 Å². The van der Waals surface area contributed by atoms with Crippen molar-refractivity contribution >= 4 is 11.9 Å². The molecule has 0 saturated carbocycles. The second-order valence-electron chi connectivity index (χ2n) is 4.30. The monoisotopic (exact) mass is 295 g/mol. The lowest BCUT2D eigenvalue weighted by Crippen LogP contribution is -2.32. The Morgan fingerprint density at radius 3 is 2.00 bits per heavy atom. The molecule has 0 fully saturated rings. The van der Waals surface area contributed by atoms with E-state index in [9.17, 15) is 9.59 Å². The van der Waals surface area contributed by atoms with Crippen LogP contribution in [0.25, 0.3) is 0 Å². The Labute approximate surface area is 124 Å². The van der Waals surface area contributed by atoms with Crippen LogP contribution in [-0.2, 0) is 9.53 Å². The zero-order valence-electron chi connectivity index (χ0n) is 12.8. The molecule has 21 heavy (non-hydrogen) atoms. The number of benzene rings is 1. The highest BCUT2D eigenvalue weighted by Crippen LogP contribution is 2.24. The molecule has 0 N–H and O–H groups in total. The van der Waals surface area contributed by atoms with Crippen LogP contribution in [-0.4, -0.2) is 50.7 Å². The Morgan fingerprint density at radius 2 is 1.57 bits per heavy atom. The summed E-state index contributed by atoms with van der Waals surface area (Å²) in [6.07, 6.45) is 0. The average molecular weight is 295 g/mol. The summed E-state index contributed by atoms with van der Waals surface area (Å²) in [5, 5.41) is 0. The lowest BCUT2D eigenvalue weighted by atomic mass is 10.1. The van der Waals surface area contributed by atoms with Crippen molar-refractivity contribution in [3.8, 4) is 11.5 Å². The molecular formula is C15H21NO5. The third-order valence-electron chi connectivity index (χ3n) is 2.69. The first-order valence-corrected chi connectivity index (χ1v) is 6.74. The van der Waals surface area contributed by atoms with Crippen molar-refractivity contribution in [1.82, 2.24) is 4.90 Å². The van der Waals surface area contributed by atoms with Crippen LogP contribution in [0.15, 0.2) is 18.2 Å². The van der Waals surface area contributed by atoms with Gasteiger partial charge in [0, 0.05) is 18.7 Å². The summed E-state index contributed by atoms with van der Waals surface area (Å²) >= 11 is 0. The van der Waals surface area contributed by atoms with Gasteiger partial charge in [0.25, 0.3) is 5.91 Å². The number of carbonyl (C=O) groups is 2. The van der Waals surface area contributed by atoms with E-state index in [-0.39, 0.29) is 12.5 Å². The van der Waals surface area contributed by atoms with Crippen LogP contribution < -0.4 is 9.47 Å². The van der Waals surface area contributed by atoms with Crippen molar-refractivity contribution in [2.45, 2.75) is 13.8 Å². The van der Waals surface area contributed by atoms with Crippen LogP contribution in [0.5, 0.6) is 11.5 Å². The maximum absolute atomic E-state index is 12.3. The van der Waals surface area contributed by atoms with Gasteiger partial charge in [0.05, 0.1) is 20.3 Å². The molecule has 1 amide bonds. The summed E-state index contributed by atoms with van der Waals surface area (Å²) in [6, 6.07) is 4.98. The van der Waals surface area contributed by atoms with E-state index in [1.165, 1.54) is 19.1 Å². The van der Waals surface area contributed by atoms with Crippen LogP contribution in [0.3, 0.4) is 0 Å². The summed E-state index contributed by atoms with van der Waals surface area (Å²) in [5.74, 6) is 0.330. The van der Waals surface area contributed by atoms with Crippen LogP contribution >= 0.6 is 0 Å². The molecule has 0 aliphatic carbocycles. The van der Waals surface area contributed by atoms with E-state index in [1.807, 2.05) is 13.8 Å². The summed E-state index contributed by atoms with van der Waals surface area (Å²) in [5.41, 5.74) is 0.399. The molecule has 0 radical (unpaired) electrons. The predicted molar refractivity (Wildman–Crippen MR) is 77.8 cm³/mol.